The van der Waals surface area contributed by atoms with E-state index < -0.39 is 5.54 Å². The van der Waals surface area contributed by atoms with Crippen LogP contribution in [0.2, 0.25) is 0 Å². The predicted molar refractivity (Wildman–Crippen MR) is 104 cm³/mol. The molecule has 3 heterocycles. The van der Waals surface area contributed by atoms with E-state index in [2.05, 4.69) is 25.9 Å². The lowest BCUT2D eigenvalue weighted by molar-refractivity contribution is 0.263. The summed E-state index contributed by atoms with van der Waals surface area (Å²) < 4.78 is 12.2. The van der Waals surface area contributed by atoms with Crippen LogP contribution in [0.1, 0.15) is 11.1 Å². The number of aromatic hydroxyl groups is 1. The maximum absolute atomic E-state index is 10.2. The number of rotatable bonds is 1. The lowest BCUT2D eigenvalue weighted by Gasteiger charge is -2.34. The van der Waals surface area contributed by atoms with E-state index in [1.807, 2.05) is 30.3 Å². The third-order valence-electron chi connectivity index (χ3n) is 4.87. The number of pyridine rings is 1. The highest BCUT2D eigenvalue weighted by atomic mass is 79.9. The fourth-order valence-electron chi connectivity index (χ4n) is 3.62. The molecule has 0 aliphatic carbocycles. The summed E-state index contributed by atoms with van der Waals surface area (Å²) in [5.41, 5.74) is 8.46. The van der Waals surface area contributed by atoms with Crippen LogP contribution in [0.25, 0.3) is 11.1 Å². The van der Waals surface area contributed by atoms with Crippen LogP contribution in [0.5, 0.6) is 17.2 Å². The van der Waals surface area contributed by atoms with Crippen molar-refractivity contribution in [3.8, 4) is 28.4 Å². The van der Waals surface area contributed by atoms with Gasteiger partial charge in [-0.1, -0.05) is 12.1 Å². The number of amidine groups is 1. The van der Waals surface area contributed by atoms with Gasteiger partial charge < -0.3 is 20.3 Å². The van der Waals surface area contributed by atoms with Gasteiger partial charge in [-0.25, -0.2) is 4.99 Å². The molecule has 0 saturated carbocycles. The zero-order valence-electron chi connectivity index (χ0n) is 14.0. The van der Waals surface area contributed by atoms with Crippen molar-refractivity contribution in [2.45, 2.75) is 5.54 Å². The zero-order chi connectivity index (χ0) is 18.6. The average molecular weight is 424 g/mol. The summed E-state index contributed by atoms with van der Waals surface area (Å²) in [6.45, 7) is 0.223. The van der Waals surface area contributed by atoms with Crippen molar-refractivity contribution in [2.24, 2.45) is 10.7 Å². The summed E-state index contributed by atoms with van der Waals surface area (Å²) >= 11 is 3.48. The molecule has 3 N–H and O–H groups in total. The van der Waals surface area contributed by atoms with Gasteiger partial charge in [0.05, 0.1) is 4.47 Å². The first-order chi connectivity index (χ1) is 13.1. The van der Waals surface area contributed by atoms with Crippen LogP contribution in [0.3, 0.4) is 0 Å². The molecular formula is C20H14BrN3O3. The van der Waals surface area contributed by atoms with Crippen molar-refractivity contribution in [1.29, 1.82) is 0 Å². The average Bonchev–Trinajstić information content (AvgIpc) is 3.07. The van der Waals surface area contributed by atoms with E-state index in [1.54, 1.807) is 24.5 Å². The Balaban J connectivity index is 1.79. The van der Waals surface area contributed by atoms with Crippen molar-refractivity contribution in [1.82, 2.24) is 4.98 Å². The number of nitrogens with two attached hydrogens (primary N) is 1. The number of halogens is 1. The molecular weight excluding hydrogens is 410 g/mol. The molecule has 5 rings (SSSR count). The van der Waals surface area contributed by atoms with Crippen molar-refractivity contribution in [3.63, 3.8) is 0 Å². The Morgan fingerprint density at radius 3 is 2.70 bits per heavy atom. The van der Waals surface area contributed by atoms with Gasteiger partial charge in [-0.05, 0) is 51.8 Å². The molecule has 27 heavy (non-hydrogen) atoms. The van der Waals surface area contributed by atoms with E-state index in [4.69, 9.17) is 15.2 Å². The summed E-state index contributed by atoms with van der Waals surface area (Å²) in [4.78, 5) is 8.83. The minimum absolute atomic E-state index is 0.101. The Labute approximate surface area is 163 Å². The van der Waals surface area contributed by atoms with Crippen LogP contribution in [0, 0.1) is 0 Å². The first-order valence-corrected chi connectivity index (χ1v) is 9.11. The van der Waals surface area contributed by atoms with Crippen molar-refractivity contribution in [3.05, 3.63) is 70.5 Å². The van der Waals surface area contributed by atoms with Gasteiger partial charge in [-0.2, -0.15) is 0 Å². The summed E-state index contributed by atoms with van der Waals surface area (Å²) in [5.74, 6) is 1.38. The summed E-state index contributed by atoms with van der Waals surface area (Å²) in [6, 6.07) is 13.2. The predicted octanol–water partition coefficient (Wildman–Crippen LogP) is 3.91. The number of phenolic OH excluding ortho intramolecular Hbond substituents is 1. The molecule has 1 atom stereocenters. The monoisotopic (exact) mass is 423 g/mol. The smallest absolute Gasteiger partial charge is 0.283 e. The van der Waals surface area contributed by atoms with Crippen LogP contribution in [-0.2, 0) is 10.3 Å². The molecule has 0 saturated heterocycles. The maximum Gasteiger partial charge on any atom is 0.283 e. The largest absolute Gasteiger partial charge is 0.507 e. The van der Waals surface area contributed by atoms with E-state index in [9.17, 15) is 5.11 Å². The molecule has 3 aromatic rings. The van der Waals surface area contributed by atoms with Gasteiger partial charge in [0.15, 0.2) is 5.54 Å². The zero-order valence-corrected chi connectivity index (χ0v) is 15.6. The fraction of sp³-hybridized carbons (Fsp3) is 0.100. The molecule has 0 radical (unpaired) electrons. The number of fused-ring (bicyclic) bond motifs is 4. The molecule has 2 aromatic carbocycles. The van der Waals surface area contributed by atoms with E-state index in [-0.39, 0.29) is 18.4 Å². The lowest BCUT2D eigenvalue weighted by atomic mass is 9.80. The van der Waals surface area contributed by atoms with Crippen LogP contribution in [-0.4, -0.2) is 22.7 Å². The van der Waals surface area contributed by atoms with E-state index in [1.165, 1.54) is 0 Å². The number of nitrogens with zero attached hydrogens (tertiary/aromatic N) is 2. The Hall–Kier alpha value is -3.06. The molecule has 0 bridgehead atoms. The Morgan fingerprint density at radius 1 is 1.11 bits per heavy atom. The van der Waals surface area contributed by atoms with E-state index in [0.717, 1.165) is 16.7 Å². The SMILES string of the molecule is NC1=N[C@@]2(CO1)c1cc(-c3cccnc3)ccc1Oc1ccc(O)c(Br)c12. The lowest BCUT2D eigenvalue weighted by Crippen LogP contribution is -2.31. The fourth-order valence-corrected chi connectivity index (χ4v) is 4.28. The molecule has 2 aliphatic heterocycles. The standard InChI is InChI=1S/C20H14BrN3O3/c21-18-14(25)4-6-16-17(18)20(10-26-19(22)24-20)13-8-11(3-5-15(13)27-16)12-2-1-7-23-9-12/h1-9,25H,10H2,(H2,22,24)/t20-/m0/s1. The van der Waals surface area contributed by atoms with E-state index >= 15 is 0 Å². The molecule has 7 heteroatoms. The number of phenols is 1. The highest BCUT2D eigenvalue weighted by molar-refractivity contribution is 9.10. The van der Waals surface area contributed by atoms with Gasteiger partial charge in [-0.3, -0.25) is 4.98 Å². The van der Waals surface area contributed by atoms with Crippen LogP contribution < -0.4 is 10.5 Å². The van der Waals surface area contributed by atoms with Gasteiger partial charge in [0.1, 0.15) is 23.9 Å². The molecule has 1 aromatic heterocycles. The van der Waals surface area contributed by atoms with Crippen LogP contribution in [0.15, 0.2) is 64.3 Å². The third-order valence-corrected chi connectivity index (χ3v) is 5.67. The van der Waals surface area contributed by atoms with Crippen LogP contribution >= 0.6 is 15.9 Å². The minimum Gasteiger partial charge on any atom is -0.507 e. The molecule has 0 unspecified atom stereocenters. The molecule has 1 spiro atoms. The molecule has 134 valence electrons. The highest BCUT2D eigenvalue weighted by Crippen LogP contribution is 2.55. The Bertz CT molecular complexity index is 1100. The van der Waals surface area contributed by atoms with Gasteiger partial charge in [0.25, 0.3) is 6.02 Å². The number of hydrogen-bond acceptors (Lipinski definition) is 6. The summed E-state index contributed by atoms with van der Waals surface area (Å²) in [6.07, 6.45) is 3.54. The number of ether oxygens (including phenoxy) is 2. The van der Waals surface area contributed by atoms with Gasteiger partial charge in [0.2, 0.25) is 0 Å². The number of aromatic nitrogens is 1. The number of benzene rings is 2. The first kappa shape index (κ1) is 16.1. The van der Waals surface area contributed by atoms with E-state index in [0.29, 0.717) is 21.5 Å². The van der Waals surface area contributed by atoms with Crippen LogP contribution in [0.4, 0.5) is 0 Å². The Kier molecular flexibility index (Phi) is 3.42. The number of hydrogen-bond donors (Lipinski definition) is 2. The summed E-state index contributed by atoms with van der Waals surface area (Å²) in [5, 5.41) is 10.2. The van der Waals surface area contributed by atoms with Crippen molar-refractivity contribution in [2.75, 3.05) is 6.61 Å². The Morgan fingerprint density at radius 2 is 1.96 bits per heavy atom. The van der Waals surface area contributed by atoms with Crippen molar-refractivity contribution >= 4 is 22.0 Å². The topological polar surface area (TPSA) is 90.0 Å². The first-order valence-electron chi connectivity index (χ1n) is 8.31. The number of aliphatic imine (C=N–C) groups is 1. The third kappa shape index (κ3) is 2.31. The second-order valence-corrected chi connectivity index (χ2v) is 7.22. The second-order valence-electron chi connectivity index (χ2n) is 6.43. The molecule has 6 nitrogen and oxygen atoms in total. The van der Waals surface area contributed by atoms with Gasteiger partial charge in [0, 0.05) is 29.1 Å². The molecule has 2 aliphatic rings. The molecule has 0 amide bonds. The maximum atomic E-state index is 10.2. The van der Waals surface area contributed by atoms with Gasteiger partial charge >= 0.3 is 0 Å². The quantitative estimate of drug-likeness (QED) is 0.618. The second kappa shape index (κ2) is 5.72. The normalized spacial score (nSPS) is 19.7. The van der Waals surface area contributed by atoms with Crippen molar-refractivity contribution < 1.29 is 14.6 Å². The van der Waals surface area contributed by atoms with Gasteiger partial charge in [-0.15, -0.1) is 0 Å². The minimum atomic E-state index is -0.900. The highest BCUT2D eigenvalue weighted by Gasteiger charge is 2.48. The molecule has 0 fully saturated rings. The summed E-state index contributed by atoms with van der Waals surface area (Å²) in [7, 11) is 0.